The molecule has 0 fully saturated rings. The molecule has 0 saturated carbocycles. The summed E-state index contributed by atoms with van der Waals surface area (Å²) in [7, 11) is 0. The fraction of sp³-hybridized carbons (Fsp3) is 0. The van der Waals surface area contributed by atoms with Crippen molar-refractivity contribution < 1.29 is 0 Å². The first-order chi connectivity index (χ1) is 6.86. The first-order valence-corrected chi connectivity index (χ1v) is 4.52. The zero-order valence-electron chi connectivity index (χ0n) is 7.31. The summed E-state index contributed by atoms with van der Waals surface area (Å²) in [5.74, 6) is 1.35. The molecule has 2 rings (SSSR count). The molecule has 3 nitrogen and oxygen atoms in total. The van der Waals surface area contributed by atoms with Crippen molar-refractivity contribution in [2.45, 2.75) is 0 Å². The standard InChI is InChI=1S/C10H8ClN3/c11-8-4-3-7-13-10(8)14-9-5-1-2-6-12-9/h1-7H,(H,12,13,14). The molecule has 0 amide bonds. The monoisotopic (exact) mass is 205 g/mol. The Labute approximate surface area is 86.8 Å². The van der Waals surface area contributed by atoms with Crippen LogP contribution in [0.1, 0.15) is 0 Å². The fourth-order valence-electron chi connectivity index (χ4n) is 1.04. The second-order valence-corrected chi connectivity index (χ2v) is 3.08. The van der Waals surface area contributed by atoms with Crippen molar-refractivity contribution >= 4 is 23.2 Å². The highest BCUT2D eigenvalue weighted by molar-refractivity contribution is 6.33. The molecule has 0 aliphatic heterocycles. The molecule has 2 heterocycles. The van der Waals surface area contributed by atoms with E-state index in [0.717, 1.165) is 5.82 Å². The quantitative estimate of drug-likeness (QED) is 0.819. The average Bonchev–Trinajstić information content (AvgIpc) is 2.23. The van der Waals surface area contributed by atoms with Crippen molar-refractivity contribution in [2.75, 3.05) is 5.32 Å². The molecular formula is C10H8ClN3. The number of rotatable bonds is 2. The summed E-state index contributed by atoms with van der Waals surface area (Å²) in [5, 5.41) is 3.60. The van der Waals surface area contributed by atoms with E-state index in [1.807, 2.05) is 18.2 Å². The molecule has 0 aliphatic rings. The molecule has 0 saturated heterocycles. The van der Waals surface area contributed by atoms with Crippen LogP contribution in [0.25, 0.3) is 0 Å². The van der Waals surface area contributed by atoms with Crippen LogP contribution in [0.3, 0.4) is 0 Å². The molecule has 0 aromatic carbocycles. The number of nitrogens with zero attached hydrogens (tertiary/aromatic N) is 2. The van der Waals surface area contributed by atoms with E-state index >= 15 is 0 Å². The average molecular weight is 206 g/mol. The molecule has 0 atom stereocenters. The molecule has 0 aliphatic carbocycles. The van der Waals surface area contributed by atoms with Gasteiger partial charge in [-0.05, 0) is 24.3 Å². The highest BCUT2D eigenvalue weighted by Crippen LogP contribution is 2.20. The topological polar surface area (TPSA) is 37.8 Å². The third-order valence-electron chi connectivity index (χ3n) is 1.67. The normalized spacial score (nSPS) is 9.79. The number of hydrogen-bond donors (Lipinski definition) is 1. The summed E-state index contributed by atoms with van der Waals surface area (Å²) in [6.07, 6.45) is 3.39. The summed E-state index contributed by atoms with van der Waals surface area (Å²) >= 11 is 5.92. The van der Waals surface area contributed by atoms with Gasteiger partial charge >= 0.3 is 0 Å². The van der Waals surface area contributed by atoms with Gasteiger partial charge in [-0.25, -0.2) is 9.97 Å². The SMILES string of the molecule is Clc1cccnc1Nc1ccccn1. The maximum atomic E-state index is 5.92. The van der Waals surface area contributed by atoms with Crippen LogP contribution < -0.4 is 5.32 Å². The number of pyridine rings is 2. The second-order valence-electron chi connectivity index (χ2n) is 2.67. The van der Waals surface area contributed by atoms with Crippen LogP contribution >= 0.6 is 11.6 Å². The van der Waals surface area contributed by atoms with Gasteiger partial charge in [-0.2, -0.15) is 0 Å². The Morgan fingerprint density at radius 2 is 1.86 bits per heavy atom. The highest BCUT2D eigenvalue weighted by Gasteiger charge is 2.00. The summed E-state index contributed by atoms with van der Waals surface area (Å²) in [6, 6.07) is 9.16. The van der Waals surface area contributed by atoms with Crippen LogP contribution in [-0.4, -0.2) is 9.97 Å². The molecule has 0 unspecified atom stereocenters. The minimum Gasteiger partial charge on any atom is -0.324 e. The van der Waals surface area contributed by atoms with Gasteiger partial charge in [-0.15, -0.1) is 0 Å². The molecular weight excluding hydrogens is 198 g/mol. The lowest BCUT2D eigenvalue weighted by molar-refractivity contribution is 1.25. The molecule has 1 N–H and O–H groups in total. The first-order valence-electron chi connectivity index (χ1n) is 4.15. The van der Waals surface area contributed by atoms with E-state index in [2.05, 4.69) is 15.3 Å². The van der Waals surface area contributed by atoms with Gasteiger partial charge in [0.25, 0.3) is 0 Å². The van der Waals surface area contributed by atoms with Crippen LogP contribution in [0.15, 0.2) is 42.7 Å². The Morgan fingerprint density at radius 1 is 1.00 bits per heavy atom. The minimum absolute atomic E-state index is 0.582. The van der Waals surface area contributed by atoms with E-state index in [-0.39, 0.29) is 0 Å². The first kappa shape index (κ1) is 8.97. The number of hydrogen-bond acceptors (Lipinski definition) is 3. The van der Waals surface area contributed by atoms with Crippen molar-refractivity contribution in [3.8, 4) is 0 Å². The van der Waals surface area contributed by atoms with E-state index in [4.69, 9.17) is 11.6 Å². The number of anilines is 2. The zero-order chi connectivity index (χ0) is 9.80. The van der Waals surface area contributed by atoms with E-state index in [1.165, 1.54) is 0 Å². The van der Waals surface area contributed by atoms with Gasteiger partial charge in [0.2, 0.25) is 0 Å². The van der Waals surface area contributed by atoms with Gasteiger partial charge in [0, 0.05) is 12.4 Å². The van der Waals surface area contributed by atoms with Gasteiger partial charge in [0.1, 0.15) is 11.6 Å². The Balaban J connectivity index is 2.24. The van der Waals surface area contributed by atoms with E-state index in [1.54, 1.807) is 24.5 Å². The van der Waals surface area contributed by atoms with Gasteiger partial charge in [-0.3, -0.25) is 0 Å². The lowest BCUT2D eigenvalue weighted by atomic mass is 10.4. The molecule has 0 radical (unpaired) electrons. The summed E-state index contributed by atoms with van der Waals surface area (Å²) in [4.78, 5) is 8.20. The lowest BCUT2D eigenvalue weighted by Crippen LogP contribution is -1.95. The molecule has 0 bridgehead atoms. The zero-order valence-corrected chi connectivity index (χ0v) is 8.07. The molecule has 70 valence electrons. The van der Waals surface area contributed by atoms with Crippen molar-refractivity contribution in [2.24, 2.45) is 0 Å². The fourth-order valence-corrected chi connectivity index (χ4v) is 1.20. The smallest absolute Gasteiger partial charge is 0.150 e. The van der Waals surface area contributed by atoms with Crippen molar-refractivity contribution in [1.29, 1.82) is 0 Å². The Kier molecular flexibility index (Phi) is 2.60. The van der Waals surface area contributed by atoms with E-state index < -0.39 is 0 Å². The lowest BCUT2D eigenvalue weighted by Gasteiger charge is -2.04. The van der Waals surface area contributed by atoms with E-state index in [9.17, 15) is 0 Å². The predicted molar refractivity (Wildman–Crippen MR) is 56.8 cm³/mol. The van der Waals surface area contributed by atoms with Crippen molar-refractivity contribution in [3.63, 3.8) is 0 Å². The molecule has 4 heteroatoms. The molecule has 2 aromatic heterocycles. The number of aromatic nitrogens is 2. The third-order valence-corrected chi connectivity index (χ3v) is 1.97. The Bertz CT molecular complexity index is 417. The van der Waals surface area contributed by atoms with Crippen LogP contribution in [0, 0.1) is 0 Å². The minimum atomic E-state index is 0.582. The van der Waals surface area contributed by atoms with Crippen LogP contribution in [-0.2, 0) is 0 Å². The van der Waals surface area contributed by atoms with E-state index in [0.29, 0.717) is 10.8 Å². The Morgan fingerprint density at radius 3 is 2.57 bits per heavy atom. The van der Waals surface area contributed by atoms with Crippen LogP contribution in [0.2, 0.25) is 5.02 Å². The summed E-state index contributed by atoms with van der Waals surface area (Å²) in [6.45, 7) is 0. The summed E-state index contributed by atoms with van der Waals surface area (Å²) in [5.41, 5.74) is 0. The van der Waals surface area contributed by atoms with Gasteiger partial charge in [0.15, 0.2) is 0 Å². The maximum absolute atomic E-state index is 5.92. The van der Waals surface area contributed by atoms with Gasteiger partial charge in [0.05, 0.1) is 5.02 Å². The molecule has 14 heavy (non-hydrogen) atoms. The van der Waals surface area contributed by atoms with Crippen molar-refractivity contribution in [1.82, 2.24) is 9.97 Å². The second kappa shape index (κ2) is 4.07. The largest absolute Gasteiger partial charge is 0.324 e. The van der Waals surface area contributed by atoms with Gasteiger partial charge < -0.3 is 5.32 Å². The predicted octanol–water partition coefficient (Wildman–Crippen LogP) is 2.87. The highest BCUT2D eigenvalue weighted by atomic mass is 35.5. The van der Waals surface area contributed by atoms with Crippen LogP contribution in [0.5, 0.6) is 0 Å². The maximum Gasteiger partial charge on any atom is 0.150 e. The van der Waals surface area contributed by atoms with Gasteiger partial charge in [-0.1, -0.05) is 17.7 Å². The number of nitrogens with one attached hydrogen (secondary N) is 1. The van der Waals surface area contributed by atoms with Crippen molar-refractivity contribution in [3.05, 3.63) is 47.7 Å². The molecule has 0 spiro atoms. The van der Waals surface area contributed by atoms with Crippen LogP contribution in [0.4, 0.5) is 11.6 Å². The molecule has 2 aromatic rings. The number of halogens is 1. The third kappa shape index (κ3) is 2.00. The summed E-state index contributed by atoms with van der Waals surface area (Å²) < 4.78 is 0. The Hall–Kier alpha value is -1.61.